The number of rotatable bonds is 2. The highest BCUT2D eigenvalue weighted by molar-refractivity contribution is 5.25. The molecular weight excluding hydrogens is 158 g/mol. The van der Waals surface area contributed by atoms with Crippen LogP contribution in [0.3, 0.4) is 0 Å². The SMILES string of the molecule is Cc1ccc(C(C)C(C)C)c(C)n1. The molecule has 0 bridgehead atoms. The molecule has 0 aromatic carbocycles. The second-order valence-corrected chi connectivity index (χ2v) is 4.16. The zero-order chi connectivity index (χ0) is 10.0. The van der Waals surface area contributed by atoms with Crippen LogP contribution in [0.1, 0.15) is 43.6 Å². The van der Waals surface area contributed by atoms with Crippen LogP contribution in [0.4, 0.5) is 0 Å². The predicted molar refractivity (Wildman–Crippen MR) is 57.0 cm³/mol. The van der Waals surface area contributed by atoms with E-state index in [1.807, 2.05) is 6.92 Å². The average Bonchev–Trinajstić information content (AvgIpc) is 2.03. The van der Waals surface area contributed by atoms with E-state index in [9.17, 15) is 0 Å². The Kier molecular flexibility index (Phi) is 3.07. The lowest BCUT2D eigenvalue weighted by molar-refractivity contribution is 0.531. The normalized spacial score (nSPS) is 13.4. The quantitative estimate of drug-likeness (QED) is 0.674. The highest BCUT2D eigenvalue weighted by Crippen LogP contribution is 2.25. The minimum atomic E-state index is 0.605. The third-order valence-electron chi connectivity index (χ3n) is 2.76. The highest BCUT2D eigenvalue weighted by Gasteiger charge is 2.12. The molecule has 1 nitrogen and oxygen atoms in total. The van der Waals surface area contributed by atoms with Crippen molar-refractivity contribution in [3.8, 4) is 0 Å². The van der Waals surface area contributed by atoms with Crippen LogP contribution in [0.2, 0.25) is 0 Å². The molecule has 0 aliphatic rings. The molecule has 1 aromatic heterocycles. The Morgan fingerprint density at radius 3 is 2.15 bits per heavy atom. The maximum Gasteiger partial charge on any atom is 0.0410 e. The van der Waals surface area contributed by atoms with Crippen molar-refractivity contribution in [1.82, 2.24) is 4.98 Å². The predicted octanol–water partition coefficient (Wildman–Crippen LogP) is 3.46. The Balaban J connectivity index is 3.01. The van der Waals surface area contributed by atoms with Crippen molar-refractivity contribution in [3.63, 3.8) is 0 Å². The summed E-state index contributed by atoms with van der Waals surface area (Å²) in [5.41, 5.74) is 3.68. The second kappa shape index (κ2) is 3.91. The Morgan fingerprint density at radius 2 is 1.69 bits per heavy atom. The van der Waals surface area contributed by atoms with E-state index in [1.54, 1.807) is 0 Å². The second-order valence-electron chi connectivity index (χ2n) is 4.16. The monoisotopic (exact) mass is 177 g/mol. The summed E-state index contributed by atoms with van der Waals surface area (Å²) in [4.78, 5) is 4.48. The van der Waals surface area contributed by atoms with Crippen molar-refractivity contribution in [2.24, 2.45) is 5.92 Å². The highest BCUT2D eigenvalue weighted by atomic mass is 14.7. The smallest absolute Gasteiger partial charge is 0.0410 e. The molecule has 1 heterocycles. The van der Waals surface area contributed by atoms with Gasteiger partial charge in [0.2, 0.25) is 0 Å². The van der Waals surface area contributed by atoms with Crippen LogP contribution in [0, 0.1) is 19.8 Å². The molecule has 0 radical (unpaired) electrons. The third-order valence-corrected chi connectivity index (χ3v) is 2.76. The van der Waals surface area contributed by atoms with E-state index in [0.29, 0.717) is 11.8 Å². The fourth-order valence-corrected chi connectivity index (χ4v) is 1.54. The van der Waals surface area contributed by atoms with Crippen LogP contribution >= 0.6 is 0 Å². The first-order valence-electron chi connectivity index (χ1n) is 4.96. The lowest BCUT2D eigenvalue weighted by Gasteiger charge is -2.17. The van der Waals surface area contributed by atoms with E-state index < -0.39 is 0 Å². The van der Waals surface area contributed by atoms with Gasteiger partial charge in [0.05, 0.1) is 0 Å². The van der Waals surface area contributed by atoms with Crippen LogP contribution in [0.25, 0.3) is 0 Å². The molecule has 13 heavy (non-hydrogen) atoms. The van der Waals surface area contributed by atoms with Gasteiger partial charge >= 0.3 is 0 Å². The summed E-state index contributed by atoms with van der Waals surface area (Å²) >= 11 is 0. The van der Waals surface area contributed by atoms with Gasteiger partial charge in [0.1, 0.15) is 0 Å². The van der Waals surface area contributed by atoms with E-state index in [0.717, 1.165) is 5.69 Å². The van der Waals surface area contributed by atoms with Crippen LogP contribution in [0.5, 0.6) is 0 Å². The first kappa shape index (κ1) is 10.2. The molecule has 1 rings (SSSR count). The van der Waals surface area contributed by atoms with Gasteiger partial charge < -0.3 is 0 Å². The summed E-state index contributed by atoms with van der Waals surface area (Å²) in [6, 6.07) is 4.31. The fourth-order valence-electron chi connectivity index (χ4n) is 1.54. The van der Waals surface area contributed by atoms with Crippen molar-refractivity contribution in [2.75, 3.05) is 0 Å². The van der Waals surface area contributed by atoms with Crippen LogP contribution in [-0.4, -0.2) is 4.98 Å². The van der Waals surface area contributed by atoms with Crippen LogP contribution in [0.15, 0.2) is 12.1 Å². The number of aryl methyl sites for hydroxylation is 2. The molecule has 1 unspecified atom stereocenters. The summed E-state index contributed by atoms with van der Waals surface area (Å²) in [7, 11) is 0. The number of hydrogen-bond acceptors (Lipinski definition) is 1. The fraction of sp³-hybridized carbons (Fsp3) is 0.583. The topological polar surface area (TPSA) is 12.9 Å². The molecule has 0 saturated carbocycles. The first-order valence-corrected chi connectivity index (χ1v) is 4.96. The van der Waals surface area contributed by atoms with Gasteiger partial charge in [-0.15, -0.1) is 0 Å². The lowest BCUT2D eigenvalue weighted by atomic mass is 9.89. The van der Waals surface area contributed by atoms with Crippen LogP contribution in [-0.2, 0) is 0 Å². The minimum Gasteiger partial charge on any atom is -0.258 e. The van der Waals surface area contributed by atoms with E-state index in [1.165, 1.54) is 11.3 Å². The Morgan fingerprint density at radius 1 is 1.08 bits per heavy atom. The molecule has 0 aliphatic heterocycles. The molecular formula is C12H19N. The molecule has 0 fully saturated rings. The molecule has 0 N–H and O–H groups in total. The summed E-state index contributed by atoms with van der Waals surface area (Å²) in [5, 5.41) is 0. The lowest BCUT2D eigenvalue weighted by Crippen LogP contribution is -2.05. The van der Waals surface area contributed by atoms with E-state index in [2.05, 4.69) is 44.8 Å². The van der Waals surface area contributed by atoms with Gasteiger partial charge in [-0.2, -0.15) is 0 Å². The molecule has 1 heteroatoms. The summed E-state index contributed by atoms with van der Waals surface area (Å²) in [5.74, 6) is 1.29. The van der Waals surface area contributed by atoms with Gasteiger partial charge in [-0.05, 0) is 37.3 Å². The molecule has 1 aromatic rings. The van der Waals surface area contributed by atoms with Crippen molar-refractivity contribution < 1.29 is 0 Å². The van der Waals surface area contributed by atoms with Crippen LogP contribution < -0.4 is 0 Å². The van der Waals surface area contributed by atoms with Crippen molar-refractivity contribution >= 4 is 0 Å². The summed E-state index contributed by atoms with van der Waals surface area (Å²) < 4.78 is 0. The molecule has 0 aliphatic carbocycles. The Labute approximate surface area is 81.2 Å². The van der Waals surface area contributed by atoms with E-state index >= 15 is 0 Å². The molecule has 0 saturated heterocycles. The minimum absolute atomic E-state index is 0.605. The molecule has 0 amide bonds. The number of hydrogen-bond donors (Lipinski definition) is 0. The van der Waals surface area contributed by atoms with Gasteiger partial charge in [-0.3, -0.25) is 4.98 Å². The van der Waals surface area contributed by atoms with Gasteiger partial charge in [-0.1, -0.05) is 26.8 Å². The van der Waals surface area contributed by atoms with Crippen molar-refractivity contribution in [2.45, 2.75) is 40.5 Å². The zero-order valence-electron chi connectivity index (χ0n) is 9.26. The van der Waals surface area contributed by atoms with Crippen molar-refractivity contribution in [3.05, 3.63) is 29.1 Å². The third kappa shape index (κ3) is 2.30. The van der Waals surface area contributed by atoms with Gasteiger partial charge in [-0.25, -0.2) is 0 Å². The van der Waals surface area contributed by atoms with Gasteiger partial charge in [0.15, 0.2) is 0 Å². The average molecular weight is 177 g/mol. The van der Waals surface area contributed by atoms with Crippen molar-refractivity contribution in [1.29, 1.82) is 0 Å². The summed E-state index contributed by atoms with van der Waals surface area (Å²) in [6.07, 6.45) is 0. The maximum absolute atomic E-state index is 4.48. The van der Waals surface area contributed by atoms with Gasteiger partial charge in [0, 0.05) is 11.4 Å². The number of pyridine rings is 1. The van der Waals surface area contributed by atoms with E-state index in [-0.39, 0.29) is 0 Å². The summed E-state index contributed by atoms with van der Waals surface area (Å²) in [6.45, 7) is 10.9. The van der Waals surface area contributed by atoms with Gasteiger partial charge in [0.25, 0.3) is 0 Å². The Bertz CT molecular complexity index is 289. The largest absolute Gasteiger partial charge is 0.258 e. The maximum atomic E-state index is 4.48. The zero-order valence-corrected chi connectivity index (χ0v) is 9.26. The first-order chi connectivity index (χ1) is 6.02. The molecule has 1 atom stereocenters. The Hall–Kier alpha value is -0.850. The number of nitrogens with zero attached hydrogens (tertiary/aromatic N) is 1. The van der Waals surface area contributed by atoms with E-state index in [4.69, 9.17) is 0 Å². The standard InChI is InChI=1S/C12H19N/c1-8(2)10(4)12-7-6-9(3)13-11(12)5/h6-8,10H,1-5H3. The molecule has 0 spiro atoms. The molecule has 72 valence electrons. The number of aromatic nitrogens is 1.